The minimum Gasteiger partial charge on any atom is -0.508 e. The molecule has 0 saturated carbocycles. The van der Waals surface area contributed by atoms with Gasteiger partial charge in [0.25, 0.3) is 0 Å². The molecule has 0 saturated heterocycles. The number of rotatable bonds is 11. The average Bonchev–Trinajstić information content (AvgIpc) is 2.74. The maximum Gasteiger partial charge on any atom is 0.408 e. The first-order valence-corrected chi connectivity index (χ1v) is 12.2. The van der Waals surface area contributed by atoms with Gasteiger partial charge in [0.15, 0.2) is 0 Å². The molecule has 0 aliphatic heterocycles. The fraction of sp³-hybridized carbons (Fsp3) is 0.615. The number of phenolic OH excluding ortho intramolecular Hbond substituents is 1. The number of amides is 3. The van der Waals surface area contributed by atoms with Gasteiger partial charge >= 0.3 is 12.1 Å². The first-order chi connectivity index (χ1) is 16.7. The molecular formula is C26H41N3O7. The van der Waals surface area contributed by atoms with Crippen LogP contribution in [0.2, 0.25) is 0 Å². The second kappa shape index (κ2) is 13.7. The summed E-state index contributed by atoms with van der Waals surface area (Å²) >= 11 is 0. The van der Waals surface area contributed by atoms with Crippen molar-refractivity contribution in [3.63, 3.8) is 0 Å². The van der Waals surface area contributed by atoms with Gasteiger partial charge in [0.1, 0.15) is 23.4 Å². The van der Waals surface area contributed by atoms with E-state index in [2.05, 4.69) is 10.6 Å². The second-order valence-corrected chi connectivity index (χ2v) is 10.0. The van der Waals surface area contributed by atoms with Gasteiger partial charge in [-0.2, -0.15) is 0 Å². The van der Waals surface area contributed by atoms with Gasteiger partial charge in [-0.15, -0.1) is 0 Å². The quantitative estimate of drug-likeness (QED) is 0.391. The Morgan fingerprint density at radius 3 is 2.17 bits per heavy atom. The van der Waals surface area contributed by atoms with Crippen LogP contribution in [0.3, 0.4) is 0 Å². The number of hydrogen-bond acceptors (Lipinski definition) is 7. The lowest BCUT2D eigenvalue weighted by Crippen LogP contribution is -2.56. The van der Waals surface area contributed by atoms with E-state index in [0.29, 0.717) is 0 Å². The van der Waals surface area contributed by atoms with Crippen molar-refractivity contribution in [2.75, 3.05) is 13.2 Å². The van der Waals surface area contributed by atoms with Crippen LogP contribution >= 0.6 is 0 Å². The zero-order chi connectivity index (χ0) is 27.6. The third kappa shape index (κ3) is 9.39. The predicted octanol–water partition coefficient (Wildman–Crippen LogP) is 3.29. The van der Waals surface area contributed by atoms with Crippen LogP contribution in [0.1, 0.15) is 73.4 Å². The van der Waals surface area contributed by atoms with E-state index in [-0.39, 0.29) is 36.8 Å². The van der Waals surface area contributed by atoms with Crippen molar-refractivity contribution in [3.8, 4) is 5.75 Å². The maximum atomic E-state index is 13.8. The molecule has 10 heteroatoms. The Hall–Kier alpha value is -3.30. The monoisotopic (exact) mass is 507 g/mol. The van der Waals surface area contributed by atoms with Crippen molar-refractivity contribution in [1.29, 1.82) is 0 Å². The van der Waals surface area contributed by atoms with Gasteiger partial charge in [0, 0.05) is 18.2 Å². The van der Waals surface area contributed by atoms with Crippen LogP contribution < -0.4 is 10.6 Å². The summed E-state index contributed by atoms with van der Waals surface area (Å²) in [5.74, 6) is -2.05. The summed E-state index contributed by atoms with van der Waals surface area (Å²) in [6.07, 6.45) is -0.798. The van der Waals surface area contributed by atoms with E-state index in [0.717, 1.165) is 0 Å². The Labute approximate surface area is 213 Å². The van der Waals surface area contributed by atoms with Crippen LogP contribution in [-0.2, 0) is 23.9 Å². The fourth-order valence-corrected chi connectivity index (χ4v) is 3.54. The van der Waals surface area contributed by atoms with Gasteiger partial charge in [0.05, 0.1) is 13.0 Å². The van der Waals surface area contributed by atoms with E-state index in [1.54, 1.807) is 73.6 Å². The number of phenols is 1. The van der Waals surface area contributed by atoms with Gasteiger partial charge < -0.3 is 30.1 Å². The van der Waals surface area contributed by atoms with Crippen LogP contribution in [0.4, 0.5) is 4.79 Å². The molecule has 1 rings (SSSR count). The number of carbonyl (C=O) groups is 4. The highest BCUT2D eigenvalue weighted by Crippen LogP contribution is 2.31. The van der Waals surface area contributed by atoms with E-state index in [4.69, 9.17) is 9.47 Å². The first kappa shape index (κ1) is 30.7. The van der Waals surface area contributed by atoms with Crippen LogP contribution in [0.15, 0.2) is 24.3 Å². The number of aromatic hydroxyl groups is 1. The molecule has 1 aromatic rings. The Morgan fingerprint density at radius 2 is 1.67 bits per heavy atom. The SMILES string of the molecule is CCOC(=O)CCNC(=O)C(c1ccccc1O)N(C(=O)C(NC(=O)OC(C)(C)C)C(C)C)C(C)C. The van der Waals surface area contributed by atoms with Gasteiger partial charge in [-0.1, -0.05) is 32.0 Å². The Balaban J connectivity index is 3.36. The number of alkyl carbamates (subject to hydrolysis) is 1. The summed E-state index contributed by atoms with van der Waals surface area (Å²) < 4.78 is 10.2. The molecule has 2 atom stereocenters. The maximum absolute atomic E-state index is 13.8. The van der Waals surface area contributed by atoms with E-state index in [1.165, 1.54) is 11.0 Å². The standard InChI is InChI=1S/C26H41N3O7/c1-9-35-20(31)14-15-27-23(32)22(18-12-10-11-13-19(18)30)29(17(4)5)24(33)21(16(2)3)28-25(34)36-26(6,7)8/h10-13,16-17,21-22,30H,9,14-15H2,1-8H3,(H,27,32)(H,28,34). The number of nitrogens with zero attached hydrogens (tertiary/aromatic N) is 1. The first-order valence-electron chi connectivity index (χ1n) is 12.2. The van der Waals surface area contributed by atoms with Crippen LogP contribution in [0, 0.1) is 5.92 Å². The van der Waals surface area contributed by atoms with Gasteiger partial charge in [-0.25, -0.2) is 4.79 Å². The summed E-state index contributed by atoms with van der Waals surface area (Å²) in [6.45, 7) is 14.1. The lowest BCUT2D eigenvalue weighted by atomic mass is 9.97. The summed E-state index contributed by atoms with van der Waals surface area (Å²) in [5, 5.41) is 15.9. The number of para-hydroxylation sites is 1. The molecule has 0 radical (unpaired) electrons. The lowest BCUT2D eigenvalue weighted by Gasteiger charge is -2.38. The van der Waals surface area contributed by atoms with E-state index >= 15 is 0 Å². The molecular weight excluding hydrogens is 466 g/mol. The second-order valence-electron chi connectivity index (χ2n) is 10.0. The topological polar surface area (TPSA) is 134 Å². The molecule has 0 spiro atoms. The van der Waals surface area contributed by atoms with Crippen molar-refractivity contribution in [1.82, 2.24) is 15.5 Å². The van der Waals surface area contributed by atoms with Crippen LogP contribution in [-0.4, -0.2) is 64.7 Å². The molecule has 0 aromatic heterocycles. The number of carbonyl (C=O) groups excluding carboxylic acids is 4. The largest absolute Gasteiger partial charge is 0.508 e. The molecule has 10 nitrogen and oxygen atoms in total. The normalized spacial score (nSPS) is 13.1. The van der Waals surface area contributed by atoms with Gasteiger partial charge in [-0.3, -0.25) is 14.4 Å². The summed E-state index contributed by atoms with van der Waals surface area (Å²) in [4.78, 5) is 52.8. The van der Waals surface area contributed by atoms with E-state index in [9.17, 15) is 24.3 Å². The van der Waals surface area contributed by atoms with Crippen LogP contribution in [0.25, 0.3) is 0 Å². The van der Waals surface area contributed by atoms with Crippen molar-refractivity contribution in [2.24, 2.45) is 5.92 Å². The summed E-state index contributed by atoms with van der Waals surface area (Å²) in [5.41, 5.74) is -0.545. The molecule has 0 fully saturated rings. The fourth-order valence-electron chi connectivity index (χ4n) is 3.54. The minimum absolute atomic E-state index is 0.00828. The number of esters is 1. The molecule has 0 heterocycles. The molecule has 36 heavy (non-hydrogen) atoms. The van der Waals surface area contributed by atoms with Crippen LogP contribution in [0.5, 0.6) is 5.75 Å². The minimum atomic E-state index is -1.22. The van der Waals surface area contributed by atoms with Gasteiger partial charge in [0.2, 0.25) is 11.8 Å². The molecule has 0 aliphatic rings. The molecule has 3 amide bonds. The van der Waals surface area contributed by atoms with Crippen molar-refractivity contribution < 1.29 is 33.8 Å². The van der Waals surface area contributed by atoms with Crippen molar-refractivity contribution in [3.05, 3.63) is 29.8 Å². The highest BCUT2D eigenvalue weighted by molar-refractivity contribution is 5.93. The molecule has 202 valence electrons. The number of nitrogens with one attached hydrogen (secondary N) is 2. The smallest absolute Gasteiger partial charge is 0.408 e. The average molecular weight is 508 g/mol. The predicted molar refractivity (Wildman–Crippen MR) is 135 cm³/mol. The van der Waals surface area contributed by atoms with Crippen molar-refractivity contribution in [2.45, 2.75) is 85.5 Å². The zero-order valence-corrected chi connectivity index (χ0v) is 22.6. The Bertz CT molecular complexity index is 909. The summed E-state index contributed by atoms with van der Waals surface area (Å²) in [7, 11) is 0. The van der Waals surface area contributed by atoms with E-state index < -0.39 is 47.6 Å². The zero-order valence-electron chi connectivity index (χ0n) is 22.6. The third-order valence-electron chi connectivity index (χ3n) is 5.11. The number of hydrogen-bond donors (Lipinski definition) is 3. The number of ether oxygens (including phenoxy) is 2. The highest BCUT2D eigenvalue weighted by atomic mass is 16.6. The third-order valence-corrected chi connectivity index (χ3v) is 5.11. The van der Waals surface area contributed by atoms with E-state index in [1.807, 2.05) is 0 Å². The molecule has 2 unspecified atom stereocenters. The molecule has 0 aliphatic carbocycles. The molecule has 3 N–H and O–H groups in total. The Kier molecular flexibility index (Phi) is 11.7. The molecule has 1 aromatic carbocycles. The van der Waals surface area contributed by atoms with Crippen molar-refractivity contribution >= 4 is 23.9 Å². The lowest BCUT2D eigenvalue weighted by molar-refractivity contribution is -0.146. The number of benzene rings is 1. The Morgan fingerprint density at radius 1 is 1.06 bits per heavy atom. The summed E-state index contributed by atoms with van der Waals surface area (Å²) in [6, 6.07) is 3.53. The molecule has 0 bridgehead atoms. The highest BCUT2D eigenvalue weighted by Gasteiger charge is 2.39. The van der Waals surface area contributed by atoms with Gasteiger partial charge in [-0.05, 0) is 53.5 Å².